The first-order valence-corrected chi connectivity index (χ1v) is 5.99. The number of hydrogen-bond acceptors (Lipinski definition) is 5. The maximum Gasteiger partial charge on any atom is 0.117 e. The summed E-state index contributed by atoms with van der Waals surface area (Å²) in [4.78, 5) is 8.41. The van der Waals surface area contributed by atoms with Crippen LogP contribution in [0.25, 0.3) is 10.9 Å². The van der Waals surface area contributed by atoms with Gasteiger partial charge in [-0.2, -0.15) is 0 Å². The van der Waals surface area contributed by atoms with Crippen molar-refractivity contribution in [1.29, 1.82) is 0 Å². The summed E-state index contributed by atoms with van der Waals surface area (Å²) in [6, 6.07) is 7.64. The molecular formula is C11H13N3OS. The van der Waals surface area contributed by atoms with Crippen molar-refractivity contribution in [2.24, 2.45) is 5.73 Å². The first-order chi connectivity index (χ1) is 7.81. The Balaban J connectivity index is 2.23. The van der Waals surface area contributed by atoms with Crippen molar-refractivity contribution in [1.82, 2.24) is 9.97 Å². The van der Waals surface area contributed by atoms with E-state index in [1.807, 2.05) is 24.3 Å². The number of hydrogen-bond donors (Lipinski definition) is 2. The molecular weight excluding hydrogens is 222 g/mol. The minimum absolute atomic E-state index is 0.00395. The van der Waals surface area contributed by atoms with Crippen molar-refractivity contribution >= 4 is 22.7 Å². The van der Waals surface area contributed by atoms with Gasteiger partial charge in [0.15, 0.2) is 0 Å². The van der Waals surface area contributed by atoms with Gasteiger partial charge < -0.3 is 10.8 Å². The van der Waals surface area contributed by atoms with E-state index in [0.29, 0.717) is 5.75 Å². The van der Waals surface area contributed by atoms with Gasteiger partial charge in [-0.1, -0.05) is 18.2 Å². The van der Waals surface area contributed by atoms with Gasteiger partial charge in [-0.15, -0.1) is 11.8 Å². The first-order valence-electron chi connectivity index (χ1n) is 5.00. The predicted octanol–water partition coefficient (Wildman–Crippen LogP) is 1.04. The van der Waals surface area contributed by atoms with E-state index in [1.165, 1.54) is 0 Å². The average molecular weight is 235 g/mol. The molecule has 3 N–H and O–H groups in total. The SMILES string of the molecule is NC(CO)CSc1ncnc2ccccc12. The van der Waals surface area contributed by atoms with Gasteiger partial charge in [-0.3, -0.25) is 0 Å². The number of thioether (sulfide) groups is 1. The molecule has 0 aliphatic rings. The maximum absolute atomic E-state index is 8.85. The van der Waals surface area contributed by atoms with Crippen LogP contribution in [-0.4, -0.2) is 33.5 Å². The molecule has 1 unspecified atom stereocenters. The van der Waals surface area contributed by atoms with E-state index in [0.717, 1.165) is 15.9 Å². The van der Waals surface area contributed by atoms with E-state index >= 15 is 0 Å². The van der Waals surface area contributed by atoms with Crippen molar-refractivity contribution < 1.29 is 5.11 Å². The third kappa shape index (κ3) is 2.49. The van der Waals surface area contributed by atoms with Crippen LogP contribution in [0.4, 0.5) is 0 Å². The van der Waals surface area contributed by atoms with Gasteiger partial charge in [-0.25, -0.2) is 9.97 Å². The second kappa shape index (κ2) is 5.25. The highest BCUT2D eigenvalue weighted by atomic mass is 32.2. The van der Waals surface area contributed by atoms with Crippen LogP contribution in [0.1, 0.15) is 0 Å². The number of benzene rings is 1. The minimum atomic E-state index is -0.210. The van der Waals surface area contributed by atoms with Crippen LogP contribution in [-0.2, 0) is 0 Å². The Labute approximate surface area is 97.9 Å². The normalized spacial score (nSPS) is 12.9. The van der Waals surface area contributed by atoms with Crippen molar-refractivity contribution in [3.8, 4) is 0 Å². The van der Waals surface area contributed by atoms with Gasteiger partial charge in [0, 0.05) is 17.2 Å². The molecule has 84 valence electrons. The summed E-state index contributed by atoms with van der Waals surface area (Å²) in [5, 5.41) is 10.8. The summed E-state index contributed by atoms with van der Waals surface area (Å²) >= 11 is 1.55. The molecule has 16 heavy (non-hydrogen) atoms. The Hall–Kier alpha value is -1.17. The molecule has 1 atom stereocenters. The molecule has 0 radical (unpaired) electrons. The Morgan fingerprint density at radius 3 is 2.94 bits per heavy atom. The zero-order chi connectivity index (χ0) is 11.4. The molecule has 0 aliphatic carbocycles. The molecule has 1 aromatic carbocycles. The summed E-state index contributed by atoms with van der Waals surface area (Å²) in [5.74, 6) is 0.650. The smallest absolute Gasteiger partial charge is 0.117 e. The molecule has 0 spiro atoms. The first kappa shape index (κ1) is 11.3. The van der Waals surface area contributed by atoms with Crippen molar-refractivity contribution in [3.05, 3.63) is 30.6 Å². The molecule has 0 fully saturated rings. The lowest BCUT2D eigenvalue weighted by Crippen LogP contribution is -2.26. The molecule has 0 bridgehead atoms. The number of fused-ring (bicyclic) bond motifs is 1. The fourth-order valence-corrected chi connectivity index (χ4v) is 2.26. The highest BCUT2D eigenvalue weighted by molar-refractivity contribution is 7.99. The Morgan fingerprint density at radius 1 is 1.31 bits per heavy atom. The molecule has 0 aliphatic heterocycles. The number of aliphatic hydroxyl groups excluding tert-OH is 1. The third-order valence-corrected chi connectivity index (χ3v) is 3.37. The van der Waals surface area contributed by atoms with Crippen molar-refractivity contribution in [2.45, 2.75) is 11.1 Å². The summed E-state index contributed by atoms with van der Waals surface area (Å²) in [6.45, 7) is -0.00395. The zero-order valence-electron chi connectivity index (χ0n) is 8.71. The van der Waals surface area contributed by atoms with Crippen LogP contribution in [0, 0.1) is 0 Å². The number of aliphatic hydroxyl groups is 1. The van der Waals surface area contributed by atoms with Gasteiger partial charge in [0.1, 0.15) is 11.4 Å². The van der Waals surface area contributed by atoms with Crippen LogP contribution < -0.4 is 5.73 Å². The minimum Gasteiger partial charge on any atom is -0.395 e. The lowest BCUT2D eigenvalue weighted by atomic mass is 10.2. The van der Waals surface area contributed by atoms with E-state index in [-0.39, 0.29) is 12.6 Å². The van der Waals surface area contributed by atoms with Gasteiger partial charge in [0.2, 0.25) is 0 Å². The van der Waals surface area contributed by atoms with Crippen molar-refractivity contribution in [2.75, 3.05) is 12.4 Å². The molecule has 1 heterocycles. The second-order valence-electron chi connectivity index (χ2n) is 3.45. The van der Waals surface area contributed by atoms with Crippen molar-refractivity contribution in [3.63, 3.8) is 0 Å². The lowest BCUT2D eigenvalue weighted by molar-refractivity contribution is 0.275. The van der Waals surface area contributed by atoms with E-state index < -0.39 is 0 Å². The van der Waals surface area contributed by atoms with E-state index in [4.69, 9.17) is 10.8 Å². The van der Waals surface area contributed by atoms with Crippen LogP contribution >= 0.6 is 11.8 Å². The quantitative estimate of drug-likeness (QED) is 0.612. The molecule has 0 saturated heterocycles. The summed E-state index contributed by atoms with van der Waals surface area (Å²) in [6.07, 6.45) is 1.55. The zero-order valence-corrected chi connectivity index (χ0v) is 9.52. The van der Waals surface area contributed by atoms with Crippen LogP contribution in [0.2, 0.25) is 0 Å². The van der Waals surface area contributed by atoms with Gasteiger partial charge in [0.05, 0.1) is 12.1 Å². The monoisotopic (exact) mass is 235 g/mol. The van der Waals surface area contributed by atoms with Crippen LogP contribution in [0.15, 0.2) is 35.6 Å². The molecule has 0 saturated carbocycles. The lowest BCUT2D eigenvalue weighted by Gasteiger charge is -2.08. The molecule has 2 rings (SSSR count). The standard InChI is InChI=1S/C11H13N3OS/c12-8(5-15)6-16-11-9-3-1-2-4-10(9)13-7-14-11/h1-4,7-8,15H,5-6,12H2. The predicted molar refractivity (Wildman–Crippen MR) is 65.3 cm³/mol. The Kier molecular flexibility index (Phi) is 3.71. The number of para-hydroxylation sites is 1. The van der Waals surface area contributed by atoms with Gasteiger partial charge in [0.25, 0.3) is 0 Å². The van der Waals surface area contributed by atoms with E-state index in [2.05, 4.69) is 9.97 Å². The number of rotatable bonds is 4. The Morgan fingerprint density at radius 2 is 2.12 bits per heavy atom. The highest BCUT2D eigenvalue weighted by Gasteiger charge is 2.06. The Bertz CT molecular complexity index is 472. The molecule has 5 heteroatoms. The van der Waals surface area contributed by atoms with E-state index in [1.54, 1.807) is 18.1 Å². The summed E-state index contributed by atoms with van der Waals surface area (Å²) in [7, 11) is 0. The molecule has 4 nitrogen and oxygen atoms in total. The molecule has 1 aromatic heterocycles. The van der Waals surface area contributed by atoms with Crippen LogP contribution in [0.5, 0.6) is 0 Å². The number of aromatic nitrogens is 2. The number of nitrogens with zero attached hydrogens (tertiary/aromatic N) is 2. The highest BCUT2D eigenvalue weighted by Crippen LogP contribution is 2.24. The third-order valence-electron chi connectivity index (χ3n) is 2.17. The van der Waals surface area contributed by atoms with Crippen LogP contribution in [0.3, 0.4) is 0 Å². The molecule has 0 amide bonds. The largest absolute Gasteiger partial charge is 0.395 e. The molecule has 2 aromatic rings. The van der Waals surface area contributed by atoms with E-state index in [9.17, 15) is 0 Å². The average Bonchev–Trinajstić information content (AvgIpc) is 2.35. The van der Waals surface area contributed by atoms with Gasteiger partial charge >= 0.3 is 0 Å². The topological polar surface area (TPSA) is 72.0 Å². The van der Waals surface area contributed by atoms with Gasteiger partial charge in [-0.05, 0) is 6.07 Å². The fraction of sp³-hybridized carbons (Fsp3) is 0.273. The fourth-order valence-electron chi connectivity index (χ4n) is 1.33. The second-order valence-corrected chi connectivity index (χ2v) is 4.46. The number of nitrogens with two attached hydrogens (primary N) is 1. The summed E-state index contributed by atoms with van der Waals surface area (Å²) < 4.78 is 0. The maximum atomic E-state index is 8.85. The summed E-state index contributed by atoms with van der Waals surface area (Å²) in [5.41, 5.74) is 6.58.